The largest absolute Gasteiger partial charge is 0.465 e. The Morgan fingerprint density at radius 1 is 1.47 bits per heavy atom. The molecule has 1 aromatic heterocycles. The Morgan fingerprint density at radius 3 is 2.63 bits per heavy atom. The van der Waals surface area contributed by atoms with Crippen LogP contribution in [0.25, 0.3) is 0 Å². The van der Waals surface area contributed by atoms with E-state index in [9.17, 15) is 5.26 Å². The second-order valence-electron chi connectivity index (χ2n) is 5.60. The fourth-order valence-corrected chi connectivity index (χ4v) is 2.90. The molecular formula is C15H23N3O. The molecule has 0 amide bonds. The topological polar surface area (TPSA) is 52.2 Å². The quantitative estimate of drug-likeness (QED) is 0.904. The van der Waals surface area contributed by atoms with E-state index < -0.39 is 0 Å². The van der Waals surface area contributed by atoms with Gasteiger partial charge in [0.2, 0.25) is 0 Å². The third-order valence-electron chi connectivity index (χ3n) is 4.33. The molecule has 2 rings (SSSR count). The van der Waals surface area contributed by atoms with Crippen molar-refractivity contribution in [1.82, 2.24) is 10.2 Å². The van der Waals surface area contributed by atoms with E-state index in [1.54, 1.807) is 0 Å². The lowest BCUT2D eigenvalue weighted by Gasteiger charge is -2.38. The number of hydrogen-bond acceptors (Lipinski definition) is 4. The minimum atomic E-state index is -0.307. The van der Waals surface area contributed by atoms with Crippen LogP contribution in [0.3, 0.4) is 0 Å². The van der Waals surface area contributed by atoms with E-state index in [0.29, 0.717) is 6.04 Å². The van der Waals surface area contributed by atoms with Crippen molar-refractivity contribution in [3.8, 4) is 6.07 Å². The van der Waals surface area contributed by atoms with Gasteiger partial charge < -0.3 is 9.73 Å². The smallest absolute Gasteiger partial charge is 0.118 e. The minimum Gasteiger partial charge on any atom is -0.465 e. The Hall–Kier alpha value is -1.31. The molecule has 1 saturated carbocycles. The monoisotopic (exact) mass is 261 g/mol. The molecule has 0 unspecified atom stereocenters. The van der Waals surface area contributed by atoms with E-state index >= 15 is 0 Å². The summed E-state index contributed by atoms with van der Waals surface area (Å²) in [5, 5.41) is 12.4. The SMILES string of the molecule is CNC1(C#N)CCC(N(C)Cc2ccc(C)o2)CC1. The average Bonchev–Trinajstić information content (AvgIpc) is 2.84. The number of nitrogens with zero attached hydrogens (tertiary/aromatic N) is 2. The highest BCUT2D eigenvalue weighted by atomic mass is 16.3. The van der Waals surface area contributed by atoms with Crippen LogP contribution < -0.4 is 5.32 Å². The molecule has 1 heterocycles. The van der Waals surface area contributed by atoms with Gasteiger partial charge in [0.25, 0.3) is 0 Å². The third kappa shape index (κ3) is 3.17. The number of nitrogens with one attached hydrogen (secondary N) is 1. The Morgan fingerprint density at radius 2 is 2.16 bits per heavy atom. The number of hydrogen-bond donors (Lipinski definition) is 1. The van der Waals surface area contributed by atoms with E-state index in [0.717, 1.165) is 43.7 Å². The standard InChI is InChI=1S/C15H23N3O/c1-12-4-5-14(19-12)10-18(3)13-6-8-15(11-16,17-2)9-7-13/h4-5,13,17H,6-10H2,1-3H3. The molecule has 0 aromatic carbocycles. The summed E-state index contributed by atoms with van der Waals surface area (Å²) in [5.41, 5.74) is -0.307. The van der Waals surface area contributed by atoms with Gasteiger partial charge in [-0.05, 0) is 58.8 Å². The molecule has 1 fully saturated rings. The predicted molar refractivity (Wildman–Crippen MR) is 74.6 cm³/mol. The molecule has 19 heavy (non-hydrogen) atoms. The van der Waals surface area contributed by atoms with E-state index in [1.165, 1.54) is 0 Å². The van der Waals surface area contributed by atoms with Crippen LogP contribution >= 0.6 is 0 Å². The molecule has 4 nitrogen and oxygen atoms in total. The zero-order valence-corrected chi connectivity index (χ0v) is 12.1. The maximum absolute atomic E-state index is 9.26. The zero-order chi connectivity index (χ0) is 13.9. The van der Waals surface area contributed by atoms with Crippen molar-refractivity contribution in [2.24, 2.45) is 0 Å². The first-order valence-electron chi connectivity index (χ1n) is 6.94. The van der Waals surface area contributed by atoms with Crippen LogP contribution in [0.2, 0.25) is 0 Å². The third-order valence-corrected chi connectivity index (χ3v) is 4.33. The lowest BCUT2D eigenvalue weighted by molar-refractivity contribution is 0.143. The van der Waals surface area contributed by atoms with E-state index in [4.69, 9.17) is 4.42 Å². The fraction of sp³-hybridized carbons (Fsp3) is 0.667. The first kappa shape index (κ1) is 14.1. The van der Waals surface area contributed by atoms with Gasteiger partial charge >= 0.3 is 0 Å². The second kappa shape index (κ2) is 5.77. The van der Waals surface area contributed by atoms with Crippen LogP contribution in [0.1, 0.15) is 37.2 Å². The summed E-state index contributed by atoms with van der Waals surface area (Å²) in [4.78, 5) is 2.34. The van der Waals surface area contributed by atoms with Crippen molar-refractivity contribution in [3.05, 3.63) is 23.7 Å². The first-order chi connectivity index (χ1) is 9.08. The van der Waals surface area contributed by atoms with Crippen LogP contribution in [0, 0.1) is 18.3 Å². The molecule has 4 heteroatoms. The molecular weight excluding hydrogens is 238 g/mol. The first-order valence-corrected chi connectivity index (χ1v) is 6.94. The summed E-state index contributed by atoms with van der Waals surface area (Å²) < 4.78 is 5.62. The molecule has 0 atom stereocenters. The van der Waals surface area contributed by atoms with Gasteiger partial charge in [-0.15, -0.1) is 0 Å². The van der Waals surface area contributed by atoms with Crippen LogP contribution in [-0.4, -0.2) is 30.6 Å². The van der Waals surface area contributed by atoms with Crippen molar-refractivity contribution in [3.63, 3.8) is 0 Å². The molecule has 0 bridgehead atoms. The molecule has 1 aliphatic rings. The van der Waals surface area contributed by atoms with Crippen molar-refractivity contribution >= 4 is 0 Å². The molecule has 104 valence electrons. The molecule has 0 aliphatic heterocycles. The van der Waals surface area contributed by atoms with Crippen molar-refractivity contribution in [2.45, 2.75) is 50.7 Å². The lowest BCUT2D eigenvalue weighted by Crippen LogP contribution is -2.48. The van der Waals surface area contributed by atoms with Crippen LogP contribution in [0.15, 0.2) is 16.5 Å². The van der Waals surface area contributed by atoms with Crippen LogP contribution in [0.5, 0.6) is 0 Å². The summed E-state index contributed by atoms with van der Waals surface area (Å²) in [6, 6.07) is 7.02. The van der Waals surface area contributed by atoms with Gasteiger partial charge in [-0.1, -0.05) is 0 Å². The van der Waals surface area contributed by atoms with Gasteiger partial charge in [0.05, 0.1) is 12.6 Å². The Balaban J connectivity index is 1.89. The number of furan rings is 1. The maximum atomic E-state index is 9.26. The molecule has 0 spiro atoms. The van der Waals surface area contributed by atoms with Crippen molar-refractivity contribution in [1.29, 1.82) is 5.26 Å². The second-order valence-corrected chi connectivity index (χ2v) is 5.60. The molecule has 0 saturated heterocycles. The highest BCUT2D eigenvalue weighted by Gasteiger charge is 2.35. The minimum absolute atomic E-state index is 0.307. The van der Waals surface area contributed by atoms with Gasteiger partial charge in [0.1, 0.15) is 17.1 Å². The normalized spacial score (nSPS) is 27.4. The number of rotatable bonds is 4. The van der Waals surface area contributed by atoms with Crippen molar-refractivity contribution < 1.29 is 4.42 Å². The molecule has 0 radical (unpaired) electrons. The van der Waals surface area contributed by atoms with Gasteiger partial charge in [-0.25, -0.2) is 0 Å². The summed E-state index contributed by atoms with van der Waals surface area (Å²) >= 11 is 0. The number of aryl methyl sites for hydroxylation is 1. The molecule has 1 aliphatic carbocycles. The van der Waals surface area contributed by atoms with E-state index in [1.807, 2.05) is 26.1 Å². The maximum Gasteiger partial charge on any atom is 0.118 e. The Kier molecular flexibility index (Phi) is 4.28. The van der Waals surface area contributed by atoms with E-state index in [2.05, 4.69) is 23.3 Å². The van der Waals surface area contributed by atoms with Gasteiger partial charge in [0.15, 0.2) is 0 Å². The summed E-state index contributed by atoms with van der Waals surface area (Å²) in [5.74, 6) is 1.98. The van der Waals surface area contributed by atoms with E-state index in [-0.39, 0.29) is 5.54 Å². The molecule has 1 N–H and O–H groups in total. The lowest BCUT2D eigenvalue weighted by atomic mass is 9.80. The summed E-state index contributed by atoms with van der Waals surface area (Å²) in [6.07, 6.45) is 3.97. The average molecular weight is 261 g/mol. The van der Waals surface area contributed by atoms with Gasteiger partial charge in [0, 0.05) is 6.04 Å². The Labute approximate surface area is 115 Å². The molecule has 1 aromatic rings. The Bertz CT molecular complexity index is 452. The zero-order valence-electron chi connectivity index (χ0n) is 12.1. The van der Waals surface area contributed by atoms with Gasteiger partial charge in [-0.2, -0.15) is 5.26 Å². The summed E-state index contributed by atoms with van der Waals surface area (Å²) in [6.45, 7) is 2.82. The predicted octanol–water partition coefficient (Wildman–Crippen LogP) is 2.44. The van der Waals surface area contributed by atoms with Crippen molar-refractivity contribution in [2.75, 3.05) is 14.1 Å². The fourth-order valence-electron chi connectivity index (χ4n) is 2.90. The van der Waals surface area contributed by atoms with Crippen LogP contribution in [0.4, 0.5) is 0 Å². The van der Waals surface area contributed by atoms with Gasteiger partial charge in [-0.3, -0.25) is 4.90 Å². The number of nitriles is 1. The van der Waals surface area contributed by atoms with Crippen LogP contribution in [-0.2, 0) is 6.54 Å². The highest BCUT2D eigenvalue weighted by molar-refractivity contribution is 5.10. The summed E-state index contributed by atoms with van der Waals surface area (Å²) in [7, 11) is 4.03. The highest BCUT2D eigenvalue weighted by Crippen LogP contribution is 2.30.